The van der Waals surface area contributed by atoms with Gasteiger partial charge in [0.1, 0.15) is 5.71 Å². The third kappa shape index (κ3) is 3.62. The van der Waals surface area contributed by atoms with Crippen LogP contribution in [0.3, 0.4) is 0 Å². The van der Waals surface area contributed by atoms with Crippen LogP contribution >= 0.6 is 11.6 Å². The van der Waals surface area contributed by atoms with Gasteiger partial charge in [-0.05, 0) is 24.8 Å². The number of benzene rings is 1. The van der Waals surface area contributed by atoms with Crippen molar-refractivity contribution in [2.24, 2.45) is 4.99 Å². The molecule has 1 aromatic rings. The van der Waals surface area contributed by atoms with Crippen LogP contribution in [0.2, 0.25) is 0 Å². The maximum Gasteiger partial charge on any atom is 0.276 e. The normalized spacial score (nSPS) is 26.5. The van der Waals surface area contributed by atoms with E-state index in [2.05, 4.69) is 4.99 Å². The minimum Gasteiger partial charge on any atom is -0.376 e. The number of likely N-dealkylation sites (tertiary alicyclic amines) is 1. The highest BCUT2D eigenvalue weighted by Crippen LogP contribution is 2.19. The molecule has 122 valence electrons. The maximum atomic E-state index is 12.4. The quantitative estimate of drug-likeness (QED) is 0.609. The summed E-state index contributed by atoms with van der Waals surface area (Å²) in [6.07, 6.45) is 2.59. The Labute approximate surface area is 140 Å². The zero-order chi connectivity index (χ0) is 16.2. The van der Waals surface area contributed by atoms with E-state index in [1.165, 1.54) is 4.90 Å². The number of hydrogen-bond donors (Lipinski definition) is 0. The molecule has 6 heteroatoms. The topological polar surface area (TPSA) is 59.0 Å². The SMILES string of the molecule is O=C1C(=NC[C@@H]2CCCO2)C(Cl)C(=O)N1CCc1ccccc1. The van der Waals surface area contributed by atoms with Crippen molar-refractivity contribution in [3.63, 3.8) is 0 Å². The van der Waals surface area contributed by atoms with E-state index in [1.54, 1.807) is 0 Å². The lowest BCUT2D eigenvalue weighted by Crippen LogP contribution is -2.33. The minimum atomic E-state index is -0.973. The predicted molar refractivity (Wildman–Crippen MR) is 87.8 cm³/mol. The fourth-order valence-corrected chi connectivity index (χ4v) is 3.11. The Bertz CT molecular complexity index is 612. The van der Waals surface area contributed by atoms with E-state index in [9.17, 15) is 9.59 Å². The summed E-state index contributed by atoms with van der Waals surface area (Å²) in [5, 5.41) is -0.973. The van der Waals surface area contributed by atoms with E-state index in [1.807, 2.05) is 30.3 Å². The molecule has 0 bridgehead atoms. The molecule has 0 aromatic heterocycles. The number of nitrogens with zero attached hydrogens (tertiary/aromatic N) is 2. The summed E-state index contributed by atoms with van der Waals surface area (Å²) in [5.41, 5.74) is 1.23. The van der Waals surface area contributed by atoms with Gasteiger partial charge in [-0.15, -0.1) is 11.6 Å². The van der Waals surface area contributed by atoms with Crippen molar-refractivity contribution in [2.75, 3.05) is 19.7 Å². The van der Waals surface area contributed by atoms with Crippen molar-refractivity contribution in [2.45, 2.75) is 30.7 Å². The summed E-state index contributed by atoms with van der Waals surface area (Å²) < 4.78 is 5.48. The van der Waals surface area contributed by atoms with Crippen LogP contribution in [0.5, 0.6) is 0 Å². The van der Waals surface area contributed by atoms with E-state index in [4.69, 9.17) is 16.3 Å². The lowest BCUT2D eigenvalue weighted by Gasteiger charge is -2.13. The number of carbonyl (C=O) groups excluding carboxylic acids is 2. The highest BCUT2D eigenvalue weighted by atomic mass is 35.5. The van der Waals surface area contributed by atoms with Gasteiger partial charge in [0.05, 0.1) is 12.6 Å². The van der Waals surface area contributed by atoms with E-state index in [-0.39, 0.29) is 23.6 Å². The standard InChI is InChI=1S/C17H19ClN2O3/c18-14-15(19-11-13-7-4-10-23-13)17(22)20(16(14)21)9-8-12-5-2-1-3-6-12/h1-3,5-6,13-14H,4,7-11H2/t13-,14?/m0/s1. The first-order valence-electron chi connectivity index (χ1n) is 7.86. The molecule has 0 spiro atoms. The molecule has 2 heterocycles. The van der Waals surface area contributed by atoms with Crippen LogP contribution in [0.4, 0.5) is 0 Å². The molecule has 23 heavy (non-hydrogen) atoms. The summed E-state index contributed by atoms with van der Waals surface area (Å²) in [5.74, 6) is -0.748. The van der Waals surface area contributed by atoms with Gasteiger partial charge in [-0.2, -0.15) is 0 Å². The number of hydrogen-bond acceptors (Lipinski definition) is 4. The summed E-state index contributed by atoms with van der Waals surface area (Å²) >= 11 is 6.10. The van der Waals surface area contributed by atoms with Crippen molar-refractivity contribution in [1.82, 2.24) is 4.90 Å². The van der Waals surface area contributed by atoms with E-state index >= 15 is 0 Å². The van der Waals surface area contributed by atoms with Gasteiger partial charge in [0.15, 0.2) is 5.38 Å². The van der Waals surface area contributed by atoms with Gasteiger partial charge in [0.2, 0.25) is 0 Å². The van der Waals surface area contributed by atoms with Crippen molar-refractivity contribution < 1.29 is 14.3 Å². The Hall–Kier alpha value is -1.72. The lowest BCUT2D eigenvalue weighted by molar-refractivity contribution is -0.136. The summed E-state index contributed by atoms with van der Waals surface area (Å²) in [6.45, 7) is 1.45. The molecule has 1 aromatic carbocycles. The summed E-state index contributed by atoms with van der Waals surface area (Å²) in [7, 11) is 0. The lowest BCUT2D eigenvalue weighted by atomic mass is 10.1. The Kier molecular flexibility index (Phi) is 5.08. The predicted octanol–water partition coefficient (Wildman–Crippen LogP) is 1.83. The number of aliphatic imine (C=N–C) groups is 1. The van der Waals surface area contributed by atoms with Gasteiger partial charge in [-0.25, -0.2) is 0 Å². The Morgan fingerprint density at radius 3 is 2.74 bits per heavy atom. The highest BCUT2D eigenvalue weighted by Gasteiger charge is 2.43. The van der Waals surface area contributed by atoms with Crippen LogP contribution in [0.1, 0.15) is 18.4 Å². The third-order valence-electron chi connectivity index (χ3n) is 4.14. The minimum absolute atomic E-state index is 0.0348. The molecule has 5 nitrogen and oxygen atoms in total. The van der Waals surface area contributed by atoms with Crippen LogP contribution in [0, 0.1) is 0 Å². The number of halogens is 1. The zero-order valence-electron chi connectivity index (χ0n) is 12.8. The molecule has 0 radical (unpaired) electrons. The third-order valence-corrected chi connectivity index (χ3v) is 4.54. The van der Waals surface area contributed by atoms with Gasteiger partial charge in [-0.1, -0.05) is 30.3 Å². The van der Waals surface area contributed by atoms with E-state index in [0.29, 0.717) is 19.5 Å². The first-order chi connectivity index (χ1) is 11.2. The second-order valence-corrected chi connectivity index (χ2v) is 6.19. The fourth-order valence-electron chi connectivity index (χ4n) is 2.83. The van der Waals surface area contributed by atoms with Gasteiger partial charge in [-0.3, -0.25) is 19.5 Å². The monoisotopic (exact) mass is 334 g/mol. The molecule has 2 aliphatic rings. The number of imide groups is 1. The Balaban J connectivity index is 1.64. The van der Waals surface area contributed by atoms with Crippen molar-refractivity contribution in [3.8, 4) is 0 Å². The van der Waals surface area contributed by atoms with Crippen LogP contribution in [-0.4, -0.2) is 53.6 Å². The molecular formula is C17H19ClN2O3. The Morgan fingerprint density at radius 2 is 2.04 bits per heavy atom. The largest absolute Gasteiger partial charge is 0.376 e. The van der Waals surface area contributed by atoms with Crippen LogP contribution in [0.25, 0.3) is 0 Å². The summed E-state index contributed by atoms with van der Waals surface area (Å²) in [4.78, 5) is 30.1. The average Bonchev–Trinajstić information content (AvgIpc) is 3.15. The van der Waals surface area contributed by atoms with E-state index in [0.717, 1.165) is 25.0 Å². The maximum absolute atomic E-state index is 12.4. The average molecular weight is 335 g/mol. The van der Waals surface area contributed by atoms with Gasteiger partial charge in [0, 0.05) is 13.2 Å². The molecule has 2 aliphatic heterocycles. The highest BCUT2D eigenvalue weighted by molar-refractivity contribution is 6.63. The number of carbonyl (C=O) groups is 2. The van der Waals surface area contributed by atoms with E-state index < -0.39 is 5.38 Å². The molecule has 3 rings (SSSR count). The second kappa shape index (κ2) is 7.23. The molecular weight excluding hydrogens is 316 g/mol. The molecule has 2 amide bonds. The van der Waals surface area contributed by atoms with Crippen molar-refractivity contribution >= 4 is 29.1 Å². The van der Waals surface area contributed by atoms with Crippen molar-refractivity contribution in [3.05, 3.63) is 35.9 Å². The molecule has 2 atom stereocenters. The number of amides is 2. The van der Waals surface area contributed by atoms with Crippen LogP contribution < -0.4 is 0 Å². The van der Waals surface area contributed by atoms with Crippen LogP contribution in [0.15, 0.2) is 35.3 Å². The number of alkyl halides is 1. The zero-order valence-corrected chi connectivity index (χ0v) is 13.5. The first-order valence-corrected chi connectivity index (χ1v) is 8.30. The smallest absolute Gasteiger partial charge is 0.276 e. The first kappa shape index (κ1) is 16.1. The van der Waals surface area contributed by atoms with Gasteiger partial charge < -0.3 is 4.74 Å². The van der Waals surface area contributed by atoms with Crippen molar-refractivity contribution in [1.29, 1.82) is 0 Å². The van der Waals surface area contributed by atoms with Gasteiger partial charge >= 0.3 is 0 Å². The molecule has 2 saturated heterocycles. The Morgan fingerprint density at radius 1 is 1.26 bits per heavy atom. The molecule has 0 aliphatic carbocycles. The fraction of sp³-hybridized carbons (Fsp3) is 0.471. The molecule has 1 unspecified atom stereocenters. The molecule has 2 fully saturated rings. The van der Waals surface area contributed by atoms with Crippen LogP contribution in [-0.2, 0) is 20.7 Å². The molecule has 0 N–H and O–H groups in total. The number of ether oxygens (including phenoxy) is 1. The molecule has 0 saturated carbocycles. The summed E-state index contributed by atoms with van der Waals surface area (Å²) in [6, 6.07) is 9.73. The van der Waals surface area contributed by atoms with Gasteiger partial charge in [0.25, 0.3) is 11.8 Å². The number of rotatable bonds is 5. The second-order valence-electron chi connectivity index (χ2n) is 5.75.